The van der Waals surface area contributed by atoms with E-state index in [0.717, 1.165) is 40.8 Å². The lowest BCUT2D eigenvalue weighted by Crippen LogP contribution is -2.07. The molecule has 0 aromatic carbocycles. The largest absolute Gasteiger partial charge is 0.382 e. The summed E-state index contributed by atoms with van der Waals surface area (Å²) >= 11 is 6.84. The topological polar surface area (TPSA) is 43.4 Å². The molecule has 4 nitrogen and oxygen atoms in total. The van der Waals surface area contributed by atoms with Gasteiger partial charge in [-0.05, 0) is 50.8 Å². The van der Waals surface area contributed by atoms with E-state index in [2.05, 4.69) is 42.2 Å². The average molecular weight is 382 g/mol. The summed E-state index contributed by atoms with van der Waals surface area (Å²) in [7, 11) is 1.68. The van der Waals surface area contributed by atoms with Gasteiger partial charge in [0.05, 0.1) is 17.7 Å². The van der Waals surface area contributed by atoms with Crippen LogP contribution in [-0.4, -0.2) is 38.5 Å². The zero-order chi connectivity index (χ0) is 13.2. The summed E-state index contributed by atoms with van der Waals surface area (Å²) in [4.78, 5) is 4.28. The Morgan fingerprint density at radius 2 is 2.06 bits per heavy atom. The Morgan fingerprint density at radius 1 is 1.22 bits per heavy atom. The van der Waals surface area contributed by atoms with Crippen molar-refractivity contribution in [3.05, 3.63) is 21.2 Å². The van der Waals surface area contributed by atoms with Gasteiger partial charge < -0.3 is 14.8 Å². The zero-order valence-electron chi connectivity index (χ0n) is 10.4. The van der Waals surface area contributed by atoms with Crippen LogP contribution < -0.4 is 5.32 Å². The molecule has 1 N–H and O–H groups in total. The van der Waals surface area contributed by atoms with E-state index in [1.807, 2.05) is 6.07 Å². The molecule has 0 amide bonds. The minimum atomic E-state index is 0.661. The van der Waals surface area contributed by atoms with E-state index in [1.165, 1.54) is 0 Å². The van der Waals surface area contributed by atoms with Gasteiger partial charge in [0, 0.05) is 30.9 Å². The molecule has 0 aliphatic heterocycles. The number of ether oxygens (including phenoxy) is 2. The highest BCUT2D eigenvalue weighted by atomic mass is 79.9. The van der Waals surface area contributed by atoms with Gasteiger partial charge >= 0.3 is 0 Å². The number of nitrogens with one attached hydrogen (secondary N) is 1. The van der Waals surface area contributed by atoms with Crippen molar-refractivity contribution in [1.82, 2.24) is 4.98 Å². The Morgan fingerprint density at radius 3 is 2.78 bits per heavy atom. The zero-order valence-corrected chi connectivity index (χ0v) is 13.6. The number of halogens is 2. The lowest BCUT2D eigenvalue weighted by atomic mass is 10.3. The average Bonchev–Trinajstić information content (AvgIpc) is 2.35. The number of pyridine rings is 1. The van der Waals surface area contributed by atoms with Crippen LogP contribution in [-0.2, 0) is 9.47 Å². The highest BCUT2D eigenvalue weighted by molar-refractivity contribution is 9.11. The summed E-state index contributed by atoms with van der Waals surface area (Å²) < 4.78 is 12.2. The Labute approximate surface area is 125 Å². The molecule has 0 radical (unpaired) electrons. The predicted molar refractivity (Wildman–Crippen MR) is 80.1 cm³/mol. The molecular formula is C12H18Br2N2O2. The second-order valence-corrected chi connectivity index (χ2v) is 5.49. The first-order chi connectivity index (χ1) is 8.74. The molecule has 0 atom stereocenters. The molecule has 1 aromatic rings. The van der Waals surface area contributed by atoms with Gasteiger partial charge in [-0.1, -0.05) is 0 Å². The Kier molecular flexibility index (Phi) is 8.58. The van der Waals surface area contributed by atoms with Crippen LogP contribution in [0.4, 0.5) is 5.82 Å². The second-order valence-electron chi connectivity index (χ2n) is 3.72. The maximum Gasteiger partial charge on any atom is 0.140 e. The first-order valence-electron chi connectivity index (χ1n) is 5.85. The van der Waals surface area contributed by atoms with Gasteiger partial charge in [-0.15, -0.1) is 0 Å². The van der Waals surface area contributed by atoms with Gasteiger partial charge in [-0.3, -0.25) is 0 Å². The van der Waals surface area contributed by atoms with Crippen molar-refractivity contribution < 1.29 is 9.47 Å². The molecule has 0 spiro atoms. The van der Waals surface area contributed by atoms with E-state index in [0.29, 0.717) is 13.2 Å². The summed E-state index contributed by atoms with van der Waals surface area (Å²) in [5.74, 6) is 0.874. The molecule has 0 aliphatic carbocycles. The van der Waals surface area contributed by atoms with Gasteiger partial charge in [-0.2, -0.15) is 0 Å². The van der Waals surface area contributed by atoms with Gasteiger partial charge in [0.2, 0.25) is 0 Å². The van der Waals surface area contributed by atoms with Crippen LogP contribution >= 0.6 is 31.9 Å². The first-order valence-corrected chi connectivity index (χ1v) is 7.44. The highest BCUT2D eigenvalue weighted by Gasteiger charge is 2.00. The van der Waals surface area contributed by atoms with Crippen molar-refractivity contribution in [2.24, 2.45) is 0 Å². The molecule has 102 valence electrons. The fourth-order valence-corrected chi connectivity index (χ4v) is 2.45. The van der Waals surface area contributed by atoms with Crippen molar-refractivity contribution in [3.8, 4) is 0 Å². The number of nitrogens with zero attached hydrogens (tertiary/aromatic N) is 1. The van der Waals surface area contributed by atoms with Crippen LogP contribution in [0.5, 0.6) is 0 Å². The minimum Gasteiger partial charge on any atom is -0.382 e. The van der Waals surface area contributed by atoms with Crippen molar-refractivity contribution in [3.63, 3.8) is 0 Å². The lowest BCUT2D eigenvalue weighted by Gasteiger charge is -2.08. The van der Waals surface area contributed by atoms with E-state index in [4.69, 9.17) is 9.47 Å². The van der Waals surface area contributed by atoms with E-state index >= 15 is 0 Å². The van der Waals surface area contributed by atoms with Gasteiger partial charge in [0.15, 0.2) is 0 Å². The maximum absolute atomic E-state index is 5.38. The molecule has 1 aromatic heterocycles. The smallest absolute Gasteiger partial charge is 0.140 e. The van der Waals surface area contributed by atoms with Gasteiger partial charge in [-0.25, -0.2) is 4.98 Å². The number of hydrogen-bond acceptors (Lipinski definition) is 4. The molecule has 6 heteroatoms. The van der Waals surface area contributed by atoms with Gasteiger partial charge in [0.25, 0.3) is 0 Å². The fourth-order valence-electron chi connectivity index (χ4n) is 1.32. The van der Waals surface area contributed by atoms with Crippen LogP contribution in [0.2, 0.25) is 0 Å². The van der Waals surface area contributed by atoms with E-state index in [1.54, 1.807) is 13.3 Å². The maximum atomic E-state index is 5.38. The lowest BCUT2D eigenvalue weighted by molar-refractivity contribution is 0.0691. The van der Waals surface area contributed by atoms with E-state index in [9.17, 15) is 0 Å². The fraction of sp³-hybridized carbons (Fsp3) is 0.583. The summed E-state index contributed by atoms with van der Waals surface area (Å²) in [5, 5.41) is 3.28. The molecule has 1 heterocycles. The molecule has 0 unspecified atom stereocenters. The number of anilines is 1. The first kappa shape index (κ1) is 15.9. The van der Waals surface area contributed by atoms with Crippen LogP contribution in [0.15, 0.2) is 21.2 Å². The van der Waals surface area contributed by atoms with Crippen molar-refractivity contribution in [1.29, 1.82) is 0 Å². The normalized spacial score (nSPS) is 10.6. The van der Waals surface area contributed by atoms with Crippen LogP contribution in [0.25, 0.3) is 0 Å². The van der Waals surface area contributed by atoms with E-state index in [-0.39, 0.29) is 0 Å². The van der Waals surface area contributed by atoms with Crippen molar-refractivity contribution in [2.75, 3.05) is 38.8 Å². The molecule has 0 fully saturated rings. The third-order valence-electron chi connectivity index (χ3n) is 2.25. The summed E-state index contributed by atoms with van der Waals surface area (Å²) in [6, 6.07) is 1.98. The van der Waals surface area contributed by atoms with E-state index < -0.39 is 0 Å². The van der Waals surface area contributed by atoms with Crippen LogP contribution in [0, 0.1) is 0 Å². The number of methoxy groups -OCH3 is 1. The van der Waals surface area contributed by atoms with Gasteiger partial charge in [0.1, 0.15) is 5.82 Å². The molecule has 0 bridgehead atoms. The quantitative estimate of drug-likeness (QED) is 0.665. The molecule has 0 saturated carbocycles. The van der Waals surface area contributed by atoms with Crippen LogP contribution in [0.1, 0.15) is 12.8 Å². The predicted octanol–water partition coefficient (Wildman–Crippen LogP) is 3.46. The minimum absolute atomic E-state index is 0.661. The summed E-state index contributed by atoms with van der Waals surface area (Å²) in [5.41, 5.74) is 0. The molecule has 0 aliphatic rings. The third-order valence-corrected chi connectivity index (χ3v) is 3.29. The van der Waals surface area contributed by atoms with Crippen molar-refractivity contribution >= 4 is 37.7 Å². The number of hydrogen-bond donors (Lipinski definition) is 1. The summed E-state index contributed by atoms with van der Waals surface area (Å²) in [6.45, 7) is 3.00. The molecular weight excluding hydrogens is 364 g/mol. The Balaban J connectivity index is 2.07. The third kappa shape index (κ3) is 6.68. The molecule has 1 rings (SSSR count). The standard InChI is InChI=1S/C12H18Br2N2O2/c1-17-6-7-18-5-3-2-4-15-12-11(14)8-10(13)9-16-12/h8-9H,2-7H2,1H3,(H,15,16). The monoisotopic (exact) mass is 380 g/mol. The highest BCUT2D eigenvalue weighted by Crippen LogP contribution is 2.23. The Bertz CT molecular complexity index is 351. The summed E-state index contributed by atoms with van der Waals surface area (Å²) in [6.07, 6.45) is 3.86. The SMILES string of the molecule is COCCOCCCCNc1ncc(Br)cc1Br. The molecule has 0 saturated heterocycles. The van der Waals surface area contributed by atoms with Crippen molar-refractivity contribution in [2.45, 2.75) is 12.8 Å². The number of aromatic nitrogens is 1. The molecule has 18 heavy (non-hydrogen) atoms. The second kappa shape index (κ2) is 9.72. The number of unbranched alkanes of at least 4 members (excludes halogenated alkanes) is 1. The Hall–Kier alpha value is -0.170. The van der Waals surface area contributed by atoms with Crippen LogP contribution in [0.3, 0.4) is 0 Å². The number of rotatable bonds is 9.